The quantitative estimate of drug-likeness (QED) is 0.921. The maximum Gasteiger partial charge on any atom is 0.238 e. The molecule has 0 radical (unpaired) electrons. The zero-order valence-electron chi connectivity index (χ0n) is 11.0. The van der Waals surface area contributed by atoms with Crippen molar-refractivity contribution >= 4 is 34.8 Å². The Morgan fingerprint density at radius 1 is 1.37 bits per heavy atom. The number of rotatable bonds is 3. The maximum absolute atomic E-state index is 12.1. The molecule has 1 N–H and O–H groups in total. The molecule has 1 fully saturated rings. The number of para-hydroxylation sites is 1. The van der Waals surface area contributed by atoms with E-state index < -0.39 is 0 Å². The van der Waals surface area contributed by atoms with Gasteiger partial charge in [0.05, 0.1) is 22.3 Å². The van der Waals surface area contributed by atoms with E-state index >= 15 is 0 Å². The number of hydrogen-bond acceptors (Lipinski definition) is 2. The van der Waals surface area contributed by atoms with Crippen LogP contribution in [-0.4, -0.2) is 29.9 Å². The van der Waals surface area contributed by atoms with Crippen molar-refractivity contribution in [3.8, 4) is 0 Å². The molecule has 0 unspecified atom stereocenters. The molecule has 1 aromatic rings. The summed E-state index contributed by atoms with van der Waals surface area (Å²) in [6, 6.07) is 5.65. The SMILES string of the molecule is C[C@H]1CCCCN1CC(=O)Nc1c(Cl)cccc1Cl. The number of piperidine rings is 1. The highest BCUT2D eigenvalue weighted by atomic mass is 35.5. The van der Waals surface area contributed by atoms with Gasteiger partial charge in [0.15, 0.2) is 0 Å². The maximum atomic E-state index is 12.1. The smallest absolute Gasteiger partial charge is 0.238 e. The molecule has 1 aliphatic heterocycles. The molecule has 0 bridgehead atoms. The van der Waals surface area contributed by atoms with E-state index in [1.54, 1.807) is 18.2 Å². The molecule has 104 valence electrons. The molecule has 1 saturated heterocycles. The number of benzene rings is 1. The number of nitrogens with zero attached hydrogens (tertiary/aromatic N) is 1. The summed E-state index contributed by atoms with van der Waals surface area (Å²) in [7, 11) is 0. The molecule has 1 aromatic carbocycles. The number of halogens is 2. The van der Waals surface area contributed by atoms with Crippen molar-refractivity contribution in [3.63, 3.8) is 0 Å². The summed E-state index contributed by atoms with van der Waals surface area (Å²) < 4.78 is 0. The Morgan fingerprint density at radius 3 is 2.68 bits per heavy atom. The fourth-order valence-corrected chi connectivity index (χ4v) is 2.87. The second kappa shape index (κ2) is 6.60. The average molecular weight is 301 g/mol. The Hall–Kier alpha value is -0.770. The molecule has 1 amide bonds. The first-order valence-electron chi connectivity index (χ1n) is 6.56. The number of amides is 1. The first-order valence-corrected chi connectivity index (χ1v) is 7.31. The topological polar surface area (TPSA) is 32.3 Å². The van der Waals surface area contributed by atoms with E-state index in [2.05, 4.69) is 17.1 Å². The molecule has 2 rings (SSSR count). The van der Waals surface area contributed by atoms with Crippen LogP contribution in [0, 0.1) is 0 Å². The first-order chi connectivity index (χ1) is 9.08. The van der Waals surface area contributed by atoms with E-state index in [9.17, 15) is 4.79 Å². The number of likely N-dealkylation sites (tertiary alicyclic amines) is 1. The average Bonchev–Trinajstić information content (AvgIpc) is 2.37. The second-order valence-corrected chi connectivity index (χ2v) is 5.77. The van der Waals surface area contributed by atoms with Crippen molar-refractivity contribution in [2.75, 3.05) is 18.4 Å². The van der Waals surface area contributed by atoms with Gasteiger partial charge in [-0.25, -0.2) is 0 Å². The number of carbonyl (C=O) groups is 1. The zero-order chi connectivity index (χ0) is 13.8. The lowest BCUT2D eigenvalue weighted by Crippen LogP contribution is -2.42. The third-order valence-corrected chi connectivity index (χ3v) is 4.14. The van der Waals surface area contributed by atoms with E-state index in [1.807, 2.05) is 0 Å². The van der Waals surface area contributed by atoms with Crippen LogP contribution >= 0.6 is 23.2 Å². The summed E-state index contributed by atoms with van der Waals surface area (Å²) in [6.07, 6.45) is 3.56. The Labute approximate surface area is 123 Å². The van der Waals surface area contributed by atoms with E-state index in [0.717, 1.165) is 19.4 Å². The minimum Gasteiger partial charge on any atom is -0.322 e. The van der Waals surface area contributed by atoms with Crippen LogP contribution in [0.15, 0.2) is 18.2 Å². The van der Waals surface area contributed by atoms with Gasteiger partial charge in [0.25, 0.3) is 0 Å². The minimum absolute atomic E-state index is 0.0660. The molecule has 5 heteroatoms. The van der Waals surface area contributed by atoms with E-state index in [1.165, 1.54) is 6.42 Å². The van der Waals surface area contributed by atoms with Gasteiger partial charge >= 0.3 is 0 Å². The number of carbonyl (C=O) groups excluding carboxylic acids is 1. The van der Waals surface area contributed by atoms with Crippen LogP contribution in [0.3, 0.4) is 0 Å². The molecule has 1 aliphatic rings. The lowest BCUT2D eigenvalue weighted by Gasteiger charge is -2.32. The van der Waals surface area contributed by atoms with Gasteiger partial charge in [-0.3, -0.25) is 9.69 Å². The van der Waals surface area contributed by atoms with Gasteiger partial charge in [0.1, 0.15) is 0 Å². The summed E-state index contributed by atoms with van der Waals surface area (Å²) in [5.41, 5.74) is 0.500. The molecule has 1 atom stereocenters. The number of hydrogen-bond donors (Lipinski definition) is 1. The number of nitrogens with one attached hydrogen (secondary N) is 1. The fraction of sp³-hybridized carbons (Fsp3) is 0.500. The lowest BCUT2D eigenvalue weighted by atomic mass is 10.0. The predicted molar refractivity (Wildman–Crippen MR) is 80.0 cm³/mol. The lowest BCUT2D eigenvalue weighted by molar-refractivity contribution is -0.118. The Bertz CT molecular complexity index is 445. The highest BCUT2D eigenvalue weighted by Crippen LogP contribution is 2.29. The van der Waals surface area contributed by atoms with Crippen LogP contribution in [0.1, 0.15) is 26.2 Å². The van der Waals surface area contributed by atoms with Gasteiger partial charge in [0, 0.05) is 6.04 Å². The Kier molecular flexibility index (Phi) is 5.08. The molecule has 1 heterocycles. The standard InChI is InChI=1S/C14H18Cl2N2O/c1-10-5-2-3-8-18(10)9-13(19)17-14-11(15)6-4-7-12(14)16/h4,6-7,10H,2-3,5,8-9H2,1H3,(H,17,19)/t10-/m0/s1. The predicted octanol–water partition coefficient (Wildman–Crippen LogP) is 3.81. The van der Waals surface area contributed by atoms with Crippen molar-refractivity contribution in [2.24, 2.45) is 0 Å². The van der Waals surface area contributed by atoms with Crippen molar-refractivity contribution in [1.29, 1.82) is 0 Å². The van der Waals surface area contributed by atoms with Crippen molar-refractivity contribution < 1.29 is 4.79 Å². The first kappa shape index (κ1) is 14.6. The molecule has 19 heavy (non-hydrogen) atoms. The van der Waals surface area contributed by atoms with Crippen LogP contribution in [-0.2, 0) is 4.79 Å². The molecule has 0 aromatic heterocycles. The van der Waals surface area contributed by atoms with E-state index in [-0.39, 0.29) is 5.91 Å². The summed E-state index contributed by atoms with van der Waals surface area (Å²) in [6.45, 7) is 3.53. The zero-order valence-corrected chi connectivity index (χ0v) is 12.5. The van der Waals surface area contributed by atoms with Gasteiger partial charge in [-0.1, -0.05) is 35.7 Å². The molecule has 3 nitrogen and oxygen atoms in total. The molecule has 0 aliphatic carbocycles. The summed E-state index contributed by atoms with van der Waals surface area (Å²) in [4.78, 5) is 14.3. The monoisotopic (exact) mass is 300 g/mol. The van der Waals surface area contributed by atoms with Gasteiger partial charge in [0.2, 0.25) is 5.91 Å². The number of anilines is 1. The van der Waals surface area contributed by atoms with Gasteiger partial charge in [-0.05, 0) is 38.4 Å². The second-order valence-electron chi connectivity index (χ2n) is 4.96. The van der Waals surface area contributed by atoms with Crippen molar-refractivity contribution in [3.05, 3.63) is 28.2 Å². The van der Waals surface area contributed by atoms with Crippen LogP contribution in [0.5, 0.6) is 0 Å². The van der Waals surface area contributed by atoms with Gasteiger partial charge in [-0.15, -0.1) is 0 Å². The molecular formula is C14H18Cl2N2O. The largest absolute Gasteiger partial charge is 0.322 e. The third-order valence-electron chi connectivity index (χ3n) is 3.51. The van der Waals surface area contributed by atoms with Crippen LogP contribution in [0.4, 0.5) is 5.69 Å². The molecule has 0 spiro atoms. The van der Waals surface area contributed by atoms with Crippen molar-refractivity contribution in [1.82, 2.24) is 4.90 Å². The normalized spacial score (nSPS) is 20.3. The van der Waals surface area contributed by atoms with Crippen LogP contribution in [0.25, 0.3) is 0 Å². The Morgan fingerprint density at radius 2 is 2.05 bits per heavy atom. The fourth-order valence-electron chi connectivity index (χ4n) is 2.37. The van der Waals surface area contributed by atoms with E-state index in [4.69, 9.17) is 23.2 Å². The van der Waals surface area contributed by atoms with Gasteiger partial charge in [-0.2, -0.15) is 0 Å². The van der Waals surface area contributed by atoms with Crippen LogP contribution in [0.2, 0.25) is 10.0 Å². The third kappa shape index (κ3) is 3.85. The minimum atomic E-state index is -0.0660. The van der Waals surface area contributed by atoms with E-state index in [0.29, 0.717) is 28.3 Å². The van der Waals surface area contributed by atoms with Crippen molar-refractivity contribution in [2.45, 2.75) is 32.2 Å². The highest BCUT2D eigenvalue weighted by Gasteiger charge is 2.21. The Balaban J connectivity index is 1.97. The summed E-state index contributed by atoms with van der Waals surface area (Å²) in [5.74, 6) is -0.0660. The molecular weight excluding hydrogens is 283 g/mol. The molecule has 0 saturated carbocycles. The van der Waals surface area contributed by atoms with Gasteiger partial charge < -0.3 is 5.32 Å². The summed E-state index contributed by atoms with van der Waals surface area (Å²) >= 11 is 12.1. The highest BCUT2D eigenvalue weighted by molar-refractivity contribution is 6.39. The van der Waals surface area contributed by atoms with Crippen LogP contribution < -0.4 is 5.32 Å². The summed E-state index contributed by atoms with van der Waals surface area (Å²) in [5, 5.41) is 3.73.